The summed E-state index contributed by atoms with van der Waals surface area (Å²) in [5.41, 5.74) is 0.518. The number of ether oxygens (including phenoxy) is 2. The van der Waals surface area contributed by atoms with E-state index < -0.39 is 11.7 Å². The van der Waals surface area contributed by atoms with Crippen molar-refractivity contribution >= 4 is 23.2 Å². The first-order valence-electron chi connectivity index (χ1n) is 10.6. The zero-order valence-corrected chi connectivity index (χ0v) is 19.2. The van der Waals surface area contributed by atoms with Gasteiger partial charge in [-0.2, -0.15) is 18.2 Å². The molecule has 0 unspecified atom stereocenters. The van der Waals surface area contributed by atoms with Gasteiger partial charge in [0.2, 0.25) is 5.91 Å². The molecule has 0 saturated carbocycles. The lowest BCUT2D eigenvalue weighted by atomic mass is 10.1. The van der Waals surface area contributed by atoms with Crippen LogP contribution in [0.25, 0.3) is 17.1 Å². The van der Waals surface area contributed by atoms with Gasteiger partial charge >= 0.3 is 12.2 Å². The average Bonchev–Trinajstić information content (AvgIpc) is 3.25. The third kappa shape index (κ3) is 6.94. The standard InChI is InChI=1S/C23H24ClF3N4O3/c1-2-33-13-14-34-22-29-21(16-5-3-6-17(15-16)23(25,26)27)31(30-22)19-10-8-18(9-11-19)28-20(32)7-4-12-24/h3,5-6,8-11,15H,2,4,7,12-14H2,1H3,(H,28,32). The molecule has 0 bridgehead atoms. The van der Waals surface area contributed by atoms with Gasteiger partial charge < -0.3 is 14.8 Å². The number of amides is 1. The molecule has 1 heterocycles. The zero-order valence-electron chi connectivity index (χ0n) is 18.4. The summed E-state index contributed by atoms with van der Waals surface area (Å²) in [5.74, 6) is 0.409. The quantitative estimate of drug-likeness (QED) is 0.287. The summed E-state index contributed by atoms with van der Waals surface area (Å²) >= 11 is 5.61. The molecule has 0 radical (unpaired) electrons. The van der Waals surface area contributed by atoms with E-state index in [0.29, 0.717) is 43.3 Å². The Bertz CT molecular complexity index is 1090. The van der Waals surface area contributed by atoms with E-state index in [1.54, 1.807) is 24.3 Å². The molecule has 0 aliphatic heterocycles. The van der Waals surface area contributed by atoms with Gasteiger partial charge in [0.1, 0.15) is 6.61 Å². The van der Waals surface area contributed by atoms with Crippen molar-refractivity contribution in [3.63, 3.8) is 0 Å². The van der Waals surface area contributed by atoms with Crippen molar-refractivity contribution in [2.45, 2.75) is 25.9 Å². The molecule has 1 amide bonds. The topological polar surface area (TPSA) is 78.3 Å². The molecule has 34 heavy (non-hydrogen) atoms. The monoisotopic (exact) mass is 496 g/mol. The summed E-state index contributed by atoms with van der Waals surface area (Å²) in [5, 5.41) is 7.09. The Balaban J connectivity index is 1.91. The smallest absolute Gasteiger partial charge is 0.416 e. The van der Waals surface area contributed by atoms with E-state index in [9.17, 15) is 18.0 Å². The lowest BCUT2D eigenvalue weighted by molar-refractivity contribution is -0.137. The van der Waals surface area contributed by atoms with Crippen LogP contribution in [-0.4, -0.2) is 46.4 Å². The second-order valence-electron chi connectivity index (χ2n) is 7.14. The van der Waals surface area contributed by atoms with E-state index in [-0.39, 0.29) is 29.9 Å². The minimum atomic E-state index is -4.50. The van der Waals surface area contributed by atoms with E-state index in [1.807, 2.05) is 6.92 Å². The highest BCUT2D eigenvalue weighted by atomic mass is 35.5. The predicted molar refractivity (Wildman–Crippen MR) is 122 cm³/mol. The first-order chi connectivity index (χ1) is 16.3. The SMILES string of the molecule is CCOCCOc1nc(-c2cccc(C(F)(F)F)c2)n(-c2ccc(NC(=O)CCCCl)cc2)n1. The van der Waals surface area contributed by atoms with E-state index in [0.717, 1.165) is 12.1 Å². The number of hydrogen-bond acceptors (Lipinski definition) is 5. The molecule has 0 aliphatic carbocycles. The van der Waals surface area contributed by atoms with Gasteiger partial charge in [0.15, 0.2) is 5.82 Å². The summed E-state index contributed by atoms with van der Waals surface area (Å²) in [4.78, 5) is 16.2. The van der Waals surface area contributed by atoms with Gasteiger partial charge in [0.05, 0.1) is 17.9 Å². The van der Waals surface area contributed by atoms with Crippen LogP contribution in [0.15, 0.2) is 48.5 Å². The molecule has 3 rings (SSSR count). The van der Waals surface area contributed by atoms with Gasteiger partial charge in [-0.3, -0.25) is 4.79 Å². The van der Waals surface area contributed by atoms with Crippen LogP contribution in [0.4, 0.5) is 18.9 Å². The van der Waals surface area contributed by atoms with Crippen molar-refractivity contribution in [1.82, 2.24) is 14.8 Å². The number of carbonyl (C=O) groups is 1. The fourth-order valence-electron chi connectivity index (χ4n) is 3.03. The minimum Gasteiger partial charge on any atom is -0.460 e. The van der Waals surface area contributed by atoms with Gasteiger partial charge in [-0.15, -0.1) is 16.7 Å². The number of benzene rings is 2. The van der Waals surface area contributed by atoms with Crippen molar-refractivity contribution in [3.8, 4) is 23.1 Å². The number of hydrogen-bond donors (Lipinski definition) is 1. The molecule has 0 aliphatic rings. The van der Waals surface area contributed by atoms with Crippen LogP contribution in [0, 0.1) is 0 Å². The number of halogens is 4. The first kappa shape index (κ1) is 25.5. The summed E-state index contributed by atoms with van der Waals surface area (Å²) in [6, 6.07) is 11.5. The number of nitrogens with zero attached hydrogens (tertiary/aromatic N) is 3. The molecule has 1 N–H and O–H groups in total. The minimum absolute atomic E-state index is 0.00516. The van der Waals surface area contributed by atoms with Crippen LogP contribution in [0.2, 0.25) is 0 Å². The number of carbonyl (C=O) groups excluding carboxylic acids is 1. The zero-order chi connectivity index (χ0) is 24.6. The molecule has 11 heteroatoms. The van der Waals surface area contributed by atoms with Gasteiger partial charge in [-0.25, -0.2) is 4.68 Å². The molecule has 182 valence electrons. The Labute approximate surface area is 199 Å². The van der Waals surface area contributed by atoms with Crippen LogP contribution >= 0.6 is 11.6 Å². The molecule has 3 aromatic rings. The first-order valence-corrected chi connectivity index (χ1v) is 11.2. The highest BCUT2D eigenvalue weighted by molar-refractivity contribution is 6.18. The maximum atomic E-state index is 13.3. The maximum absolute atomic E-state index is 13.3. The average molecular weight is 497 g/mol. The lowest BCUT2D eigenvalue weighted by Crippen LogP contribution is -2.11. The van der Waals surface area contributed by atoms with E-state index in [2.05, 4.69) is 15.4 Å². The summed E-state index contributed by atoms with van der Waals surface area (Å²) < 4.78 is 51.9. The molecule has 0 fully saturated rings. The Kier molecular flexibility index (Phi) is 8.89. The molecule has 2 aromatic carbocycles. The number of alkyl halides is 4. The van der Waals surface area contributed by atoms with E-state index in [4.69, 9.17) is 21.1 Å². The van der Waals surface area contributed by atoms with Crippen molar-refractivity contribution in [2.24, 2.45) is 0 Å². The van der Waals surface area contributed by atoms with Crippen molar-refractivity contribution in [2.75, 3.05) is 31.0 Å². The van der Waals surface area contributed by atoms with Crippen LogP contribution in [0.3, 0.4) is 0 Å². The molecular weight excluding hydrogens is 473 g/mol. The molecule has 0 atom stereocenters. The Morgan fingerprint density at radius 3 is 2.59 bits per heavy atom. The Morgan fingerprint density at radius 2 is 1.91 bits per heavy atom. The third-order valence-corrected chi connectivity index (χ3v) is 4.90. The third-order valence-electron chi connectivity index (χ3n) is 4.63. The van der Waals surface area contributed by atoms with Gasteiger partial charge in [-0.05, 0) is 49.7 Å². The molecule has 0 saturated heterocycles. The van der Waals surface area contributed by atoms with Crippen LogP contribution in [0.1, 0.15) is 25.3 Å². The fourth-order valence-corrected chi connectivity index (χ4v) is 3.16. The van der Waals surface area contributed by atoms with Crippen molar-refractivity contribution in [1.29, 1.82) is 0 Å². The van der Waals surface area contributed by atoms with Crippen molar-refractivity contribution < 1.29 is 27.4 Å². The number of rotatable bonds is 11. The van der Waals surface area contributed by atoms with Crippen LogP contribution in [0.5, 0.6) is 6.01 Å². The molecule has 0 spiro atoms. The van der Waals surface area contributed by atoms with Crippen molar-refractivity contribution in [3.05, 3.63) is 54.1 Å². The number of nitrogens with one attached hydrogen (secondary N) is 1. The summed E-state index contributed by atoms with van der Waals surface area (Å²) in [6.45, 7) is 2.88. The van der Waals surface area contributed by atoms with Crippen LogP contribution < -0.4 is 10.1 Å². The lowest BCUT2D eigenvalue weighted by Gasteiger charge is -2.10. The largest absolute Gasteiger partial charge is 0.460 e. The summed E-state index contributed by atoms with van der Waals surface area (Å²) in [7, 11) is 0. The van der Waals surface area contributed by atoms with Gasteiger partial charge in [0, 0.05) is 30.2 Å². The van der Waals surface area contributed by atoms with E-state index in [1.165, 1.54) is 16.8 Å². The molecule has 1 aromatic heterocycles. The Morgan fingerprint density at radius 1 is 1.15 bits per heavy atom. The second kappa shape index (κ2) is 11.8. The van der Waals surface area contributed by atoms with E-state index >= 15 is 0 Å². The normalized spacial score (nSPS) is 11.4. The highest BCUT2D eigenvalue weighted by Crippen LogP contribution is 2.33. The van der Waals surface area contributed by atoms with Gasteiger partial charge in [-0.1, -0.05) is 12.1 Å². The number of anilines is 1. The molecular formula is C23H24ClF3N4O3. The number of aromatic nitrogens is 3. The maximum Gasteiger partial charge on any atom is 0.416 e. The van der Waals surface area contributed by atoms with Gasteiger partial charge in [0.25, 0.3) is 0 Å². The Hall–Kier alpha value is -3.11. The second-order valence-corrected chi connectivity index (χ2v) is 7.52. The highest BCUT2D eigenvalue weighted by Gasteiger charge is 2.31. The summed E-state index contributed by atoms with van der Waals surface area (Å²) in [6.07, 6.45) is -3.63. The molecule has 7 nitrogen and oxygen atoms in total. The predicted octanol–water partition coefficient (Wildman–Crippen LogP) is 5.33. The fraction of sp³-hybridized carbons (Fsp3) is 0.348. The van der Waals surface area contributed by atoms with Crippen LogP contribution in [-0.2, 0) is 15.7 Å².